The number of rotatable bonds is 5. The Hall–Kier alpha value is -0.600. The van der Waals surface area contributed by atoms with Gasteiger partial charge in [0.2, 0.25) is 0 Å². The third-order valence-corrected chi connectivity index (χ3v) is 2.52. The normalized spacial score (nSPS) is 11.5. The Morgan fingerprint density at radius 2 is 1.93 bits per heavy atom. The van der Waals surface area contributed by atoms with E-state index in [1.54, 1.807) is 0 Å². The Kier molecular flexibility index (Phi) is 5.66. The molecular formula is C13H18BrN. The van der Waals surface area contributed by atoms with Crippen LogP contribution in [0.15, 0.2) is 34.8 Å². The van der Waals surface area contributed by atoms with Gasteiger partial charge in [0.15, 0.2) is 0 Å². The van der Waals surface area contributed by atoms with Gasteiger partial charge in [0, 0.05) is 11.0 Å². The van der Waals surface area contributed by atoms with Gasteiger partial charge in [-0.1, -0.05) is 54.1 Å². The average Bonchev–Trinajstić information content (AvgIpc) is 2.20. The lowest BCUT2D eigenvalue weighted by molar-refractivity contribution is 0.577. The minimum atomic E-state index is 0.714. The Morgan fingerprint density at radius 3 is 2.53 bits per heavy atom. The second-order valence-electron chi connectivity index (χ2n) is 4.01. The molecule has 1 nitrogen and oxygen atoms in total. The van der Waals surface area contributed by atoms with Gasteiger partial charge in [0.05, 0.1) is 0 Å². The van der Waals surface area contributed by atoms with E-state index >= 15 is 0 Å². The van der Waals surface area contributed by atoms with Gasteiger partial charge in [-0.15, -0.1) is 0 Å². The van der Waals surface area contributed by atoms with E-state index in [1.807, 2.05) is 0 Å². The molecule has 0 unspecified atom stereocenters. The van der Waals surface area contributed by atoms with Crippen molar-refractivity contribution in [2.45, 2.75) is 13.8 Å². The molecule has 0 bridgehead atoms. The van der Waals surface area contributed by atoms with E-state index in [0.29, 0.717) is 5.92 Å². The molecule has 15 heavy (non-hydrogen) atoms. The number of hydrogen-bond acceptors (Lipinski definition) is 1. The summed E-state index contributed by atoms with van der Waals surface area (Å²) in [7, 11) is 0. The molecule has 0 aliphatic heterocycles. The molecule has 82 valence electrons. The summed E-state index contributed by atoms with van der Waals surface area (Å²) in [4.78, 5) is 0. The van der Waals surface area contributed by atoms with Crippen LogP contribution >= 0.6 is 15.9 Å². The first-order valence-electron chi connectivity index (χ1n) is 5.31. The first-order chi connectivity index (χ1) is 7.18. The van der Waals surface area contributed by atoms with Crippen molar-refractivity contribution in [3.8, 4) is 0 Å². The highest BCUT2D eigenvalue weighted by Gasteiger charge is 1.90. The fourth-order valence-electron chi connectivity index (χ4n) is 1.22. The Balaban J connectivity index is 2.29. The summed E-state index contributed by atoms with van der Waals surface area (Å²) in [6.07, 6.45) is 4.30. The van der Waals surface area contributed by atoms with Crippen LogP contribution in [0.25, 0.3) is 6.08 Å². The molecule has 0 aromatic heterocycles. The quantitative estimate of drug-likeness (QED) is 0.803. The highest BCUT2D eigenvalue weighted by Crippen LogP contribution is 2.11. The number of hydrogen-bond donors (Lipinski definition) is 1. The zero-order valence-corrected chi connectivity index (χ0v) is 10.9. The largest absolute Gasteiger partial charge is 0.313 e. The maximum Gasteiger partial charge on any atom is 0.0175 e. The third kappa shape index (κ3) is 5.75. The van der Waals surface area contributed by atoms with E-state index in [0.717, 1.165) is 17.6 Å². The van der Waals surface area contributed by atoms with Crippen LogP contribution in [0, 0.1) is 5.92 Å². The van der Waals surface area contributed by atoms with Crippen molar-refractivity contribution in [2.75, 3.05) is 13.1 Å². The lowest BCUT2D eigenvalue weighted by atomic mass is 10.2. The molecule has 0 heterocycles. The smallest absolute Gasteiger partial charge is 0.0175 e. The molecule has 2 heteroatoms. The summed E-state index contributed by atoms with van der Waals surface area (Å²) in [5.41, 5.74) is 1.24. The van der Waals surface area contributed by atoms with E-state index in [9.17, 15) is 0 Å². The first kappa shape index (κ1) is 12.5. The van der Waals surface area contributed by atoms with Crippen molar-refractivity contribution in [3.05, 3.63) is 40.4 Å². The van der Waals surface area contributed by atoms with E-state index in [2.05, 4.69) is 71.5 Å². The molecule has 1 aromatic rings. The van der Waals surface area contributed by atoms with Gasteiger partial charge < -0.3 is 5.32 Å². The summed E-state index contributed by atoms with van der Waals surface area (Å²) in [6.45, 7) is 6.44. The minimum Gasteiger partial charge on any atom is -0.313 e. The van der Waals surface area contributed by atoms with Crippen molar-refractivity contribution in [3.63, 3.8) is 0 Å². The molecule has 0 atom stereocenters. The minimum absolute atomic E-state index is 0.714. The zero-order chi connectivity index (χ0) is 11.1. The van der Waals surface area contributed by atoms with Gasteiger partial charge in [-0.3, -0.25) is 0 Å². The Labute approximate surface area is 101 Å². The highest BCUT2D eigenvalue weighted by molar-refractivity contribution is 9.10. The summed E-state index contributed by atoms with van der Waals surface area (Å²) in [6, 6.07) is 8.31. The van der Waals surface area contributed by atoms with Gasteiger partial charge in [-0.05, 0) is 30.2 Å². The lowest BCUT2D eigenvalue weighted by Crippen LogP contribution is -2.19. The molecule has 0 aliphatic carbocycles. The van der Waals surface area contributed by atoms with Crippen LogP contribution in [0.3, 0.4) is 0 Å². The average molecular weight is 268 g/mol. The number of halogens is 1. The Morgan fingerprint density at radius 1 is 1.27 bits per heavy atom. The van der Waals surface area contributed by atoms with Crippen LogP contribution in [-0.2, 0) is 0 Å². The van der Waals surface area contributed by atoms with Crippen LogP contribution in [0.4, 0.5) is 0 Å². The van der Waals surface area contributed by atoms with Crippen molar-refractivity contribution < 1.29 is 0 Å². The van der Waals surface area contributed by atoms with E-state index in [-0.39, 0.29) is 0 Å². The third-order valence-electron chi connectivity index (χ3n) is 2.00. The molecule has 1 N–H and O–H groups in total. The standard InChI is InChI=1S/C13H18BrN/c1-11(2)10-15-9-3-4-12-5-7-13(14)8-6-12/h3-8,11,15H,9-10H2,1-2H3. The predicted octanol–water partition coefficient (Wildman–Crippen LogP) is 3.71. The maximum absolute atomic E-state index is 3.42. The number of nitrogens with one attached hydrogen (secondary N) is 1. The van der Waals surface area contributed by atoms with Crippen LogP contribution in [0.2, 0.25) is 0 Å². The van der Waals surface area contributed by atoms with Gasteiger partial charge in [0.1, 0.15) is 0 Å². The first-order valence-corrected chi connectivity index (χ1v) is 6.10. The van der Waals surface area contributed by atoms with E-state index < -0.39 is 0 Å². The summed E-state index contributed by atoms with van der Waals surface area (Å²) < 4.78 is 1.12. The van der Waals surface area contributed by atoms with Gasteiger partial charge in [-0.2, -0.15) is 0 Å². The summed E-state index contributed by atoms with van der Waals surface area (Å²) in [5.74, 6) is 0.714. The van der Waals surface area contributed by atoms with Crippen molar-refractivity contribution in [1.29, 1.82) is 0 Å². The lowest BCUT2D eigenvalue weighted by Gasteiger charge is -2.03. The fourth-order valence-corrected chi connectivity index (χ4v) is 1.49. The molecular weight excluding hydrogens is 250 g/mol. The molecule has 1 aromatic carbocycles. The topological polar surface area (TPSA) is 12.0 Å². The van der Waals surface area contributed by atoms with E-state index in [1.165, 1.54) is 5.56 Å². The number of benzene rings is 1. The molecule has 0 radical (unpaired) electrons. The molecule has 0 amide bonds. The van der Waals surface area contributed by atoms with Crippen LogP contribution in [0.1, 0.15) is 19.4 Å². The highest BCUT2D eigenvalue weighted by atomic mass is 79.9. The molecule has 0 aliphatic rings. The summed E-state index contributed by atoms with van der Waals surface area (Å²) >= 11 is 3.42. The van der Waals surface area contributed by atoms with Gasteiger partial charge in [-0.25, -0.2) is 0 Å². The summed E-state index contributed by atoms with van der Waals surface area (Å²) in [5, 5.41) is 3.37. The second-order valence-corrected chi connectivity index (χ2v) is 4.92. The Bertz CT molecular complexity index is 301. The van der Waals surface area contributed by atoms with E-state index in [4.69, 9.17) is 0 Å². The monoisotopic (exact) mass is 267 g/mol. The van der Waals surface area contributed by atoms with Crippen LogP contribution in [0.5, 0.6) is 0 Å². The molecule has 1 rings (SSSR count). The van der Waals surface area contributed by atoms with Crippen molar-refractivity contribution in [1.82, 2.24) is 5.32 Å². The predicted molar refractivity (Wildman–Crippen MR) is 70.9 cm³/mol. The zero-order valence-electron chi connectivity index (χ0n) is 9.33. The van der Waals surface area contributed by atoms with Gasteiger partial charge in [0.25, 0.3) is 0 Å². The molecule has 0 saturated heterocycles. The van der Waals surface area contributed by atoms with Gasteiger partial charge >= 0.3 is 0 Å². The second kappa shape index (κ2) is 6.81. The molecule has 0 saturated carbocycles. The van der Waals surface area contributed by atoms with Crippen molar-refractivity contribution in [2.24, 2.45) is 5.92 Å². The maximum atomic E-state index is 3.42. The SMILES string of the molecule is CC(C)CNCC=Cc1ccc(Br)cc1. The van der Waals surface area contributed by atoms with Crippen LogP contribution in [-0.4, -0.2) is 13.1 Å². The molecule has 0 spiro atoms. The van der Waals surface area contributed by atoms with Crippen LogP contribution < -0.4 is 5.32 Å². The fraction of sp³-hybridized carbons (Fsp3) is 0.385. The molecule has 0 fully saturated rings. The van der Waals surface area contributed by atoms with Crippen molar-refractivity contribution >= 4 is 22.0 Å².